The van der Waals surface area contributed by atoms with Crippen LogP contribution in [-0.2, 0) is 7.05 Å². The number of halogens is 1. The third kappa shape index (κ3) is 2.22. The Morgan fingerprint density at radius 3 is 2.74 bits per heavy atom. The molecule has 0 spiro atoms. The summed E-state index contributed by atoms with van der Waals surface area (Å²) in [6, 6.07) is 5.10. The fourth-order valence-corrected chi connectivity index (χ4v) is 3.22. The number of nitrogens with zero attached hydrogens (tertiary/aromatic N) is 3. The molecule has 0 radical (unpaired) electrons. The minimum atomic E-state index is -0.722. The first-order valence-corrected chi connectivity index (χ1v) is 7.52. The van der Waals surface area contributed by atoms with Crippen molar-refractivity contribution < 1.29 is 9.90 Å². The summed E-state index contributed by atoms with van der Waals surface area (Å²) in [6.45, 7) is 1.77. The van der Waals surface area contributed by atoms with Gasteiger partial charge in [-0.05, 0) is 40.0 Å². The van der Waals surface area contributed by atoms with E-state index in [0.717, 1.165) is 0 Å². The van der Waals surface area contributed by atoms with Crippen LogP contribution in [0.4, 0.5) is 5.69 Å². The largest absolute Gasteiger partial charge is 0.508 e. The van der Waals surface area contributed by atoms with E-state index in [2.05, 4.69) is 26.0 Å². The maximum Gasteiger partial charge on any atom is 0.269 e. The molecule has 23 heavy (non-hydrogen) atoms. The third-order valence-corrected chi connectivity index (χ3v) is 4.33. The summed E-state index contributed by atoms with van der Waals surface area (Å²) < 4.78 is 2.08. The molecule has 2 heterocycles. The summed E-state index contributed by atoms with van der Waals surface area (Å²) in [7, 11) is 1.71. The van der Waals surface area contributed by atoms with Gasteiger partial charge >= 0.3 is 0 Å². The first kappa shape index (κ1) is 15.3. The van der Waals surface area contributed by atoms with Crippen LogP contribution < -0.4 is 11.5 Å². The molecule has 2 aromatic heterocycles. The maximum atomic E-state index is 11.7. The van der Waals surface area contributed by atoms with Gasteiger partial charge in [0, 0.05) is 12.6 Å². The number of phenolic OH excluding ortho intramolecular Hbond substituents is 1. The highest BCUT2D eigenvalue weighted by Crippen LogP contribution is 2.41. The third-order valence-electron chi connectivity index (χ3n) is 3.77. The molecule has 1 aromatic carbocycles. The van der Waals surface area contributed by atoms with Crippen molar-refractivity contribution in [2.75, 3.05) is 5.73 Å². The number of benzene rings is 1. The molecule has 0 atom stereocenters. The normalized spacial score (nSPS) is 11.1. The number of fused-ring (bicyclic) bond motifs is 1. The van der Waals surface area contributed by atoms with Crippen molar-refractivity contribution in [1.82, 2.24) is 14.8 Å². The monoisotopic (exact) mass is 375 g/mol. The number of aromatic hydroxyl groups is 1. The van der Waals surface area contributed by atoms with Gasteiger partial charge in [-0.1, -0.05) is 12.1 Å². The van der Waals surface area contributed by atoms with E-state index in [4.69, 9.17) is 11.5 Å². The van der Waals surface area contributed by atoms with Crippen molar-refractivity contribution in [1.29, 1.82) is 0 Å². The topological polar surface area (TPSA) is 120 Å². The predicted molar refractivity (Wildman–Crippen MR) is 91.0 cm³/mol. The SMILES string of the molecule is Cc1c(O)cccc1-c1c(N)c(C(N)=O)nc2c1c(Br)nn2C. The molecule has 3 rings (SSSR count). The zero-order valence-corrected chi connectivity index (χ0v) is 14.0. The lowest BCUT2D eigenvalue weighted by molar-refractivity contribution is 0.0997. The second kappa shape index (κ2) is 5.24. The molecule has 8 heteroatoms. The number of nitrogen functional groups attached to an aromatic ring is 1. The molecule has 118 valence electrons. The van der Waals surface area contributed by atoms with E-state index in [0.29, 0.717) is 32.3 Å². The van der Waals surface area contributed by atoms with Crippen molar-refractivity contribution >= 4 is 38.6 Å². The molecule has 3 aromatic rings. The highest BCUT2D eigenvalue weighted by Gasteiger charge is 2.23. The highest BCUT2D eigenvalue weighted by atomic mass is 79.9. The van der Waals surface area contributed by atoms with Crippen LogP contribution in [0.5, 0.6) is 5.75 Å². The summed E-state index contributed by atoms with van der Waals surface area (Å²) >= 11 is 3.40. The van der Waals surface area contributed by atoms with Gasteiger partial charge in [-0.3, -0.25) is 4.79 Å². The van der Waals surface area contributed by atoms with Gasteiger partial charge in [-0.15, -0.1) is 0 Å². The number of phenols is 1. The fraction of sp³-hybridized carbons (Fsp3) is 0.133. The number of aryl methyl sites for hydroxylation is 1. The van der Waals surface area contributed by atoms with E-state index in [1.807, 2.05) is 6.07 Å². The molecule has 0 aliphatic heterocycles. The molecule has 0 unspecified atom stereocenters. The Hall–Kier alpha value is -2.61. The van der Waals surface area contributed by atoms with Crippen molar-refractivity contribution in [2.24, 2.45) is 12.8 Å². The van der Waals surface area contributed by atoms with E-state index in [9.17, 15) is 9.90 Å². The van der Waals surface area contributed by atoms with Gasteiger partial charge in [-0.25, -0.2) is 9.67 Å². The zero-order valence-electron chi connectivity index (χ0n) is 12.5. The van der Waals surface area contributed by atoms with Crippen molar-refractivity contribution in [3.05, 3.63) is 34.1 Å². The number of hydrogen-bond acceptors (Lipinski definition) is 5. The maximum absolute atomic E-state index is 11.7. The Balaban J connectivity index is 2.55. The number of anilines is 1. The standard InChI is InChI=1S/C15H14BrN5O2/c1-6-7(4-3-5-8(6)22)9-10-13(16)20-21(2)15(10)19-12(11(9)17)14(18)23/h3-5,22H,17H2,1-2H3,(H2,18,23). The van der Waals surface area contributed by atoms with Crippen LogP contribution in [0.2, 0.25) is 0 Å². The molecular weight excluding hydrogens is 362 g/mol. The first-order valence-electron chi connectivity index (χ1n) is 6.73. The lowest BCUT2D eigenvalue weighted by atomic mass is 9.96. The van der Waals surface area contributed by atoms with Crippen molar-refractivity contribution in [3.63, 3.8) is 0 Å². The summed E-state index contributed by atoms with van der Waals surface area (Å²) in [5, 5.41) is 14.9. The Kier molecular flexibility index (Phi) is 3.48. The molecule has 1 amide bonds. The summed E-state index contributed by atoms with van der Waals surface area (Å²) in [5.74, 6) is -0.590. The smallest absolute Gasteiger partial charge is 0.269 e. The minimum Gasteiger partial charge on any atom is -0.508 e. The fourth-order valence-electron chi connectivity index (χ4n) is 2.61. The van der Waals surface area contributed by atoms with Crippen LogP contribution in [0, 0.1) is 6.92 Å². The molecule has 0 aliphatic rings. The van der Waals surface area contributed by atoms with Crippen LogP contribution in [0.3, 0.4) is 0 Å². The van der Waals surface area contributed by atoms with Gasteiger partial charge in [0.25, 0.3) is 5.91 Å². The second-order valence-electron chi connectivity index (χ2n) is 5.18. The van der Waals surface area contributed by atoms with E-state index >= 15 is 0 Å². The van der Waals surface area contributed by atoms with Gasteiger partial charge in [0.05, 0.1) is 11.1 Å². The van der Waals surface area contributed by atoms with Gasteiger partial charge in [0.2, 0.25) is 0 Å². The molecular formula is C15H14BrN5O2. The van der Waals surface area contributed by atoms with Gasteiger partial charge < -0.3 is 16.6 Å². The van der Waals surface area contributed by atoms with Crippen LogP contribution in [0.15, 0.2) is 22.8 Å². The molecule has 0 saturated carbocycles. The molecule has 0 fully saturated rings. The molecule has 5 N–H and O–H groups in total. The Morgan fingerprint density at radius 1 is 1.39 bits per heavy atom. The second-order valence-corrected chi connectivity index (χ2v) is 5.93. The number of carbonyl (C=O) groups is 1. The van der Waals surface area contributed by atoms with E-state index in [1.165, 1.54) is 4.68 Å². The molecule has 0 aliphatic carbocycles. The Bertz CT molecular complexity index is 964. The molecule has 7 nitrogen and oxygen atoms in total. The Labute approximate surface area is 140 Å². The number of rotatable bonds is 2. The van der Waals surface area contributed by atoms with Crippen LogP contribution in [0.1, 0.15) is 16.1 Å². The summed E-state index contributed by atoms with van der Waals surface area (Å²) in [5.41, 5.74) is 14.1. The zero-order chi connectivity index (χ0) is 16.9. The van der Waals surface area contributed by atoms with Gasteiger partial charge in [0.1, 0.15) is 10.4 Å². The van der Waals surface area contributed by atoms with Gasteiger partial charge in [-0.2, -0.15) is 5.10 Å². The Morgan fingerprint density at radius 2 is 2.09 bits per heavy atom. The predicted octanol–water partition coefficient (Wildman–Crippen LogP) is 2.09. The number of primary amides is 1. The molecule has 0 saturated heterocycles. The minimum absolute atomic E-state index is 0.0225. The number of aromatic nitrogens is 3. The number of amides is 1. The number of pyridine rings is 1. The lowest BCUT2D eigenvalue weighted by Crippen LogP contribution is -2.17. The van der Waals surface area contributed by atoms with Crippen LogP contribution in [-0.4, -0.2) is 25.8 Å². The first-order chi connectivity index (χ1) is 10.8. The van der Waals surface area contributed by atoms with E-state index in [1.54, 1.807) is 26.1 Å². The average molecular weight is 376 g/mol. The van der Waals surface area contributed by atoms with Crippen molar-refractivity contribution in [3.8, 4) is 16.9 Å². The number of nitrogens with two attached hydrogens (primary N) is 2. The lowest BCUT2D eigenvalue weighted by Gasteiger charge is -2.14. The van der Waals surface area contributed by atoms with E-state index < -0.39 is 5.91 Å². The summed E-state index contributed by atoms with van der Waals surface area (Å²) in [6.07, 6.45) is 0. The average Bonchev–Trinajstić information content (AvgIpc) is 2.76. The number of hydrogen-bond donors (Lipinski definition) is 3. The van der Waals surface area contributed by atoms with Gasteiger partial charge in [0.15, 0.2) is 11.3 Å². The van der Waals surface area contributed by atoms with Crippen LogP contribution in [0.25, 0.3) is 22.2 Å². The van der Waals surface area contributed by atoms with E-state index in [-0.39, 0.29) is 17.1 Å². The summed E-state index contributed by atoms with van der Waals surface area (Å²) in [4.78, 5) is 15.9. The van der Waals surface area contributed by atoms with Crippen LogP contribution >= 0.6 is 15.9 Å². The quantitative estimate of drug-likeness (QED) is 0.633. The highest BCUT2D eigenvalue weighted by molar-refractivity contribution is 9.10. The molecule has 0 bridgehead atoms. The van der Waals surface area contributed by atoms with Crippen molar-refractivity contribution in [2.45, 2.75) is 6.92 Å². The number of carbonyl (C=O) groups excluding carboxylic acids is 1.